The van der Waals surface area contributed by atoms with Crippen LogP contribution in [0.1, 0.15) is 11.8 Å². The predicted molar refractivity (Wildman–Crippen MR) is 88.2 cm³/mol. The normalized spacial score (nSPS) is 17.4. The lowest BCUT2D eigenvalue weighted by molar-refractivity contribution is 0.114. The van der Waals surface area contributed by atoms with Crippen LogP contribution >= 0.6 is 0 Å². The fourth-order valence-electron chi connectivity index (χ4n) is 3.01. The first-order valence-electron chi connectivity index (χ1n) is 7.79. The Kier molecular flexibility index (Phi) is 3.78. The zero-order chi connectivity index (χ0) is 16.5. The molecular weight excluding hydrogens is 310 g/mol. The molecule has 3 nitrogen and oxygen atoms in total. The number of aromatic nitrogens is 1. The van der Waals surface area contributed by atoms with Crippen LogP contribution in [0.5, 0.6) is 0 Å². The maximum atomic E-state index is 13.9. The number of ether oxygens (including phenoxy) is 1. The van der Waals surface area contributed by atoms with Crippen LogP contribution in [-0.2, 0) is 4.74 Å². The molecule has 1 aliphatic heterocycles. The highest BCUT2D eigenvalue weighted by molar-refractivity contribution is 5.49. The number of nitrogens with zero attached hydrogens (tertiary/aromatic N) is 2. The third-order valence-corrected chi connectivity index (χ3v) is 4.18. The predicted octanol–water partition coefficient (Wildman–Crippen LogP) is 4.29. The molecular formula is C19H16F2N2O. The smallest absolute Gasteiger partial charge is 0.158 e. The van der Waals surface area contributed by atoms with E-state index in [1.54, 1.807) is 34.9 Å². The van der Waals surface area contributed by atoms with Gasteiger partial charge in [0, 0.05) is 30.2 Å². The number of hydrogen-bond donors (Lipinski definition) is 0. The van der Waals surface area contributed by atoms with Gasteiger partial charge < -0.3 is 14.2 Å². The largest absolute Gasteiger partial charge is 0.352 e. The zero-order valence-corrected chi connectivity index (χ0v) is 12.9. The van der Waals surface area contributed by atoms with E-state index in [4.69, 9.17) is 4.74 Å². The molecule has 0 bridgehead atoms. The maximum Gasteiger partial charge on any atom is 0.158 e. The Bertz CT molecular complexity index is 845. The highest BCUT2D eigenvalue weighted by Gasteiger charge is 2.28. The van der Waals surface area contributed by atoms with Crippen molar-refractivity contribution >= 4 is 5.69 Å². The molecule has 0 unspecified atom stereocenters. The topological polar surface area (TPSA) is 17.4 Å². The van der Waals surface area contributed by atoms with Gasteiger partial charge in [-0.2, -0.15) is 0 Å². The first-order valence-corrected chi connectivity index (χ1v) is 7.79. The van der Waals surface area contributed by atoms with Crippen molar-refractivity contribution in [2.75, 3.05) is 18.1 Å². The molecule has 1 fully saturated rings. The van der Waals surface area contributed by atoms with Crippen LogP contribution in [0.25, 0.3) is 5.69 Å². The number of hydrogen-bond acceptors (Lipinski definition) is 2. The Morgan fingerprint density at radius 1 is 0.958 bits per heavy atom. The van der Waals surface area contributed by atoms with Crippen molar-refractivity contribution in [1.29, 1.82) is 0 Å². The van der Waals surface area contributed by atoms with E-state index in [2.05, 4.69) is 4.90 Å². The van der Waals surface area contributed by atoms with E-state index in [9.17, 15) is 8.78 Å². The summed E-state index contributed by atoms with van der Waals surface area (Å²) in [7, 11) is 0. The Labute approximate surface area is 138 Å². The van der Waals surface area contributed by atoms with Crippen molar-refractivity contribution in [2.45, 2.75) is 6.23 Å². The molecule has 1 aromatic heterocycles. The van der Waals surface area contributed by atoms with Crippen LogP contribution in [0.15, 0.2) is 67.0 Å². The molecule has 122 valence electrons. The molecule has 4 rings (SSSR count). The first kappa shape index (κ1) is 14.9. The lowest BCUT2D eigenvalue weighted by atomic mass is 10.2. The number of benzene rings is 2. The SMILES string of the molecule is Fc1ccc(N2CCO[C@H]2c2ccn(-c3ccccc3F)c2)cc1. The van der Waals surface area contributed by atoms with Gasteiger partial charge in [0.15, 0.2) is 6.23 Å². The standard InChI is InChI=1S/C19H16F2N2O/c20-15-5-7-16(8-6-15)23-11-12-24-19(23)14-9-10-22(13-14)18-4-2-1-3-17(18)21/h1-10,13,19H,11-12H2/t19-/m0/s1. The van der Waals surface area contributed by atoms with E-state index in [-0.39, 0.29) is 17.9 Å². The number of para-hydroxylation sites is 1. The second-order valence-corrected chi connectivity index (χ2v) is 5.70. The third-order valence-electron chi connectivity index (χ3n) is 4.18. The quantitative estimate of drug-likeness (QED) is 0.714. The third kappa shape index (κ3) is 2.67. The van der Waals surface area contributed by atoms with Gasteiger partial charge in [-0.3, -0.25) is 0 Å². The van der Waals surface area contributed by atoms with Gasteiger partial charge in [-0.05, 0) is 42.5 Å². The molecule has 1 saturated heterocycles. The maximum absolute atomic E-state index is 13.9. The Morgan fingerprint density at radius 2 is 1.75 bits per heavy atom. The highest BCUT2D eigenvalue weighted by Crippen LogP contribution is 2.32. The number of halogens is 2. The molecule has 24 heavy (non-hydrogen) atoms. The molecule has 1 aliphatic rings. The number of anilines is 1. The van der Waals surface area contributed by atoms with Gasteiger partial charge in [-0.25, -0.2) is 8.78 Å². The van der Waals surface area contributed by atoms with E-state index in [1.165, 1.54) is 18.2 Å². The van der Waals surface area contributed by atoms with E-state index >= 15 is 0 Å². The van der Waals surface area contributed by atoms with E-state index in [0.717, 1.165) is 17.8 Å². The summed E-state index contributed by atoms with van der Waals surface area (Å²) >= 11 is 0. The van der Waals surface area contributed by atoms with Crippen molar-refractivity contribution in [3.8, 4) is 5.69 Å². The Morgan fingerprint density at radius 3 is 2.54 bits per heavy atom. The molecule has 0 radical (unpaired) electrons. The summed E-state index contributed by atoms with van der Waals surface area (Å²) < 4.78 is 34.7. The summed E-state index contributed by atoms with van der Waals surface area (Å²) in [6, 6.07) is 14.9. The molecule has 0 aliphatic carbocycles. The fraction of sp³-hybridized carbons (Fsp3) is 0.158. The second kappa shape index (κ2) is 6.09. The number of rotatable bonds is 3. The van der Waals surface area contributed by atoms with Gasteiger partial charge >= 0.3 is 0 Å². The lowest BCUT2D eigenvalue weighted by Gasteiger charge is -2.24. The lowest BCUT2D eigenvalue weighted by Crippen LogP contribution is -2.22. The summed E-state index contributed by atoms with van der Waals surface area (Å²) in [6.45, 7) is 1.31. The summed E-state index contributed by atoms with van der Waals surface area (Å²) in [5, 5.41) is 0. The van der Waals surface area contributed by atoms with Crippen LogP contribution in [0.4, 0.5) is 14.5 Å². The van der Waals surface area contributed by atoms with Gasteiger partial charge in [0.25, 0.3) is 0 Å². The molecule has 0 saturated carbocycles. The second-order valence-electron chi connectivity index (χ2n) is 5.70. The van der Waals surface area contributed by atoms with E-state index in [1.807, 2.05) is 18.5 Å². The van der Waals surface area contributed by atoms with Gasteiger partial charge in [-0.15, -0.1) is 0 Å². The monoisotopic (exact) mass is 326 g/mol. The molecule has 0 spiro atoms. The van der Waals surface area contributed by atoms with E-state index in [0.29, 0.717) is 12.3 Å². The molecule has 3 aromatic rings. The van der Waals surface area contributed by atoms with Crippen molar-refractivity contribution < 1.29 is 13.5 Å². The Hall–Kier alpha value is -2.66. The summed E-state index contributed by atoms with van der Waals surface area (Å²) in [5.74, 6) is -0.538. The fourth-order valence-corrected chi connectivity index (χ4v) is 3.01. The molecule has 2 aromatic carbocycles. The summed E-state index contributed by atoms with van der Waals surface area (Å²) in [4.78, 5) is 2.07. The van der Waals surface area contributed by atoms with Crippen LogP contribution in [-0.4, -0.2) is 17.7 Å². The van der Waals surface area contributed by atoms with Crippen LogP contribution < -0.4 is 4.90 Å². The van der Waals surface area contributed by atoms with Gasteiger partial charge in [0.2, 0.25) is 0 Å². The minimum absolute atomic E-state index is 0.261. The zero-order valence-electron chi connectivity index (χ0n) is 12.9. The average Bonchev–Trinajstić information content (AvgIpc) is 3.25. The van der Waals surface area contributed by atoms with E-state index < -0.39 is 0 Å². The molecule has 1 atom stereocenters. The minimum atomic E-state index is -0.276. The minimum Gasteiger partial charge on any atom is -0.352 e. The highest BCUT2D eigenvalue weighted by atomic mass is 19.1. The van der Waals surface area contributed by atoms with Crippen LogP contribution in [0, 0.1) is 11.6 Å². The summed E-state index contributed by atoms with van der Waals surface area (Å²) in [6.07, 6.45) is 3.42. The first-order chi connectivity index (χ1) is 11.7. The average molecular weight is 326 g/mol. The molecule has 5 heteroatoms. The van der Waals surface area contributed by atoms with Crippen LogP contribution in [0.2, 0.25) is 0 Å². The van der Waals surface area contributed by atoms with Gasteiger partial charge in [0.05, 0.1) is 12.3 Å². The van der Waals surface area contributed by atoms with Gasteiger partial charge in [-0.1, -0.05) is 12.1 Å². The molecule has 2 heterocycles. The van der Waals surface area contributed by atoms with Crippen molar-refractivity contribution in [1.82, 2.24) is 4.57 Å². The van der Waals surface area contributed by atoms with Crippen molar-refractivity contribution in [3.05, 3.63) is 84.2 Å². The van der Waals surface area contributed by atoms with Crippen LogP contribution in [0.3, 0.4) is 0 Å². The molecule has 0 N–H and O–H groups in total. The van der Waals surface area contributed by atoms with Gasteiger partial charge in [0.1, 0.15) is 11.6 Å². The summed E-state index contributed by atoms with van der Waals surface area (Å²) in [5.41, 5.74) is 2.33. The van der Waals surface area contributed by atoms with Crippen molar-refractivity contribution in [3.63, 3.8) is 0 Å². The molecule has 0 amide bonds. The van der Waals surface area contributed by atoms with Crippen molar-refractivity contribution in [2.24, 2.45) is 0 Å². The Balaban J connectivity index is 1.64.